The normalized spacial score (nSPS) is 15.6. The van der Waals surface area contributed by atoms with Gasteiger partial charge in [-0.15, -0.1) is 24.8 Å². The molecule has 0 saturated heterocycles. The third-order valence-electron chi connectivity index (χ3n) is 2.91. The van der Waals surface area contributed by atoms with Gasteiger partial charge in [0.2, 0.25) is 5.91 Å². The Morgan fingerprint density at radius 1 is 1.39 bits per heavy atom. The highest BCUT2D eigenvalue weighted by atomic mass is 35.5. The Kier molecular flexibility index (Phi) is 11.0. The SMILES string of the molecule is COCCCN(C)CCNC(=O)C1(N)CC1.Cl.Cl. The van der Waals surface area contributed by atoms with E-state index >= 15 is 0 Å². The molecule has 0 bridgehead atoms. The summed E-state index contributed by atoms with van der Waals surface area (Å²) in [5, 5.41) is 2.87. The smallest absolute Gasteiger partial charge is 0.240 e. The van der Waals surface area contributed by atoms with Crippen molar-refractivity contribution in [1.29, 1.82) is 0 Å². The summed E-state index contributed by atoms with van der Waals surface area (Å²) in [6, 6.07) is 0. The lowest BCUT2D eigenvalue weighted by Crippen LogP contribution is -2.45. The molecule has 1 saturated carbocycles. The highest BCUT2D eigenvalue weighted by Gasteiger charge is 2.45. The summed E-state index contributed by atoms with van der Waals surface area (Å²) >= 11 is 0. The van der Waals surface area contributed by atoms with Crippen LogP contribution in [-0.2, 0) is 9.53 Å². The molecule has 1 fully saturated rings. The Labute approximate surface area is 122 Å². The van der Waals surface area contributed by atoms with Crippen molar-refractivity contribution in [2.45, 2.75) is 24.8 Å². The van der Waals surface area contributed by atoms with Crippen LogP contribution >= 0.6 is 24.8 Å². The van der Waals surface area contributed by atoms with E-state index in [1.54, 1.807) is 7.11 Å². The molecule has 0 unspecified atom stereocenters. The topological polar surface area (TPSA) is 67.6 Å². The molecule has 0 spiro atoms. The molecule has 1 rings (SSSR count). The van der Waals surface area contributed by atoms with E-state index in [1.165, 1.54) is 0 Å². The second-order valence-electron chi connectivity index (χ2n) is 4.56. The lowest BCUT2D eigenvalue weighted by atomic mass is 10.3. The molecule has 5 nitrogen and oxygen atoms in total. The first kappa shape index (κ1) is 20.3. The van der Waals surface area contributed by atoms with Crippen LogP contribution in [0.1, 0.15) is 19.3 Å². The van der Waals surface area contributed by atoms with Gasteiger partial charge in [0.15, 0.2) is 0 Å². The van der Waals surface area contributed by atoms with E-state index in [0.717, 1.165) is 39.0 Å². The van der Waals surface area contributed by atoms with E-state index in [9.17, 15) is 4.79 Å². The zero-order valence-electron chi connectivity index (χ0n) is 11.1. The molecule has 0 heterocycles. The number of ether oxygens (including phenoxy) is 1. The van der Waals surface area contributed by atoms with Gasteiger partial charge in [0.25, 0.3) is 0 Å². The van der Waals surface area contributed by atoms with Crippen molar-refractivity contribution in [3.05, 3.63) is 0 Å². The number of nitrogens with one attached hydrogen (secondary N) is 1. The van der Waals surface area contributed by atoms with Crippen LogP contribution in [0.25, 0.3) is 0 Å². The summed E-state index contributed by atoms with van der Waals surface area (Å²) in [6.07, 6.45) is 2.66. The number of nitrogens with two attached hydrogens (primary N) is 1. The number of hydrogen-bond acceptors (Lipinski definition) is 4. The average molecular weight is 302 g/mol. The lowest BCUT2D eigenvalue weighted by Gasteiger charge is -2.17. The molecule has 0 aliphatic heterocycles. The minimum absolute atomic E-state index is 0. The number of likely N-dealkylation sites (N-methyl/N-ethyl adjacent to an activating group) is 1. The third kappa shape index (κ3) is 7.38. The summed E-state index contributed by atoms with van der Waals surface area (Å²) in [5.74, 6) is -0.00204. The zero-order valence-corrected chi connectivity index (χ0v) is 12.7. The van der Waals surface area contributed by atoms with E-state index in [-0.39, 0.29) is 30.7 Å². The van der Waals surface area contributed by atoms with Crippen molar-refractivity contribution in [1.82, 2.24) is 10.2 Å². The fraction of sp³-hybridized carbons (Fsp3) is 0.909. The van der Waals surface area contributed by atoms with E-state index in [0.29, 0.717) is 6.54 Å². The number of carbonyl (C=O) groups excluding carboxylic acids is 1. The van der Waals surface area contributed by atoms with Gasteiger partial charge in [-0.25, -0.2) is 0 Å². The van der Waals surface area contributed by atoms with Crippen LogP contribution < -0.4 is 11.1 Å². The predicted molar refractivity (Wildman–Crippen MR) is 77.6 cm³/mol. The van der Waals surface area contributed by atoms with Gasteiger partial charge in [-0.2, -0.15) is 0 Å². The number of carbonyl (C=O) groups is 1. The van der Waals surface area contributed by atoms with Crippen LogP contribution in [-0.4, -0.2) is 56.7 Å². The maximum absolute atomic E-state index is 11.5. The summed E-state index contributed by atoms with van der Waals surface area (Å²) in [4.78, 5) is 13.7. The first-order chi connectivity index (χ1) is 7.58. The summed E-state index contributed by atoms with van der Waals surface area (Å²) in [5.41, 5.74) is 5.22. The number of amides is 1. The molecular weight excluding hydrogens is 277 g/mol. The van der Waals surface area contributed by atoms with Crippen LogP contribution in [0.3, 0.4) is 0 Å². The molecule has 3 N–H and O–H groups in total. The Hall–Kier alpha value is -0.0700. The summed E-state index contributed by atoms with van der Waals surface area (Å²) in [6.45, 7) is 3.28. The Morgan fingerprint density at radius 3 is 2.50 bits per heavy atom. The first-order valence-electron chi connectivity index (χ1n) is 5.83. The molecule has 18 heavy (non-hydrogen) atoms. The largest absolute Gasteiger partial charge is 0.385 e. The van der Waals surface area contributed by atoms with Crippen molar-refractivity contribution < 1.29 is 9.53 Å². The number of nitrogens with zero attached hydrogens (tertiary/aromatic N) is 1. The number of halogens is 2. The van der Waals surface area contributed by atoms with Gasteiger partial charge in [-0.1, -0.05) is 0 Å². The number of rotatable bonds is 8. The Bertz CT molecular complexity index is 238. The minimum Gasteiger partial charge on any atom is -0.385 e. The first-order valence-corrected chi connectivity index (χ1v) is 5.83. The Balaban J connectivity index is 0. The van der Waals surface area contributed by atoms with Crippen LogP contribution in [0.5, 0.6) is 0 Å². The molecular formula is C11H25Cl2N3O2. The monoisotopic (exact) mass is 301 g/mol. The van der Waals surface area contributed by atoms with Gasteiger partial charge >= 0.3 is 0 Å². The quantitative estimate of drug-likeness (QED) is 0.637. The molecule has 1 aliphatic carbocycles. The van der Waals surface area contributed by atoms with Crippen molar-refractivity contribution in [3.63, 3.8) is 0 Å². The van der Waals surface area contributed by atoms with Crippen molar-refractivity contribution in [2.75, 3.05) is 40.4 Å². The number of hydrogen-bond donors (Lipinski definition) is 2. The van der Waals surface area contributed by atoms with E-state index in [4.69, 9.17) is 10.5 Å². The highest BCUT2D eigenvalue weighted by Crippen LogP contribution is 2.31. The molecule has 0 aromatic heterocycles. The average Bonchev–Trinajstić information content (AvgIpc) is 2.98. The second kappa shape index (κ2) is 9.81. The van der Waals surface area contributed by atoms with Gasteiger partial charge in [-0.3, -0.25) is 4.79 Å². The number of methoxy groups -OCH3 is 1. The van der Waals surface area contributed by atoms with Gasteiger partial charge in [0.05, 0.1) is 5.54 Å². The maximum Gasteiger partial charge on any atom is 0.240 e. The molecule has 1 aliphatic rings. The minimum atomic E-state index is -0.547. The molecule has 0 aromatic carbocycles. The Morgan fingerprint density at radius 2 is 2.00 bits per heavy atom. The highest BCUT2D eigenvalue weighted by molar-refractivity contribution is 5.88. The van der Waals surface area contributed by atoms with E-state index < -0.39 is 5.54 Å². The summed E-state index contributed by atoms with van der Waals surface area (Å²) in [7, 11) is 3.74. The molecule has 0 radical (unpaired) electrons. The van der Waals surface area contributed by atoms with Crippen LogP contribution in [0.2, 0.25) is 0 Å². The lowest BCUT2D eigenvalue weighted by molar-refractivity contribution is -0.123. The van der Waals surface area contributed by atoms with E-state index in [1.807, 2.05) is 7.05 Å². The fourth-order valence-corrected chi connectivity index (χ4v) is 1.49. The van der Waals surface area contributed by atoms with Gasteiger partial charge < -0.3 is 20.7 Å². The van der Waals surface area contributed by atoms with Gasteiger partial charge in [0.1, 0.15) is 0 Å². The van der Waals surface area contributed by atoms with Crippen LogP contribution in [0, 0.1) is 0 Å². The molecule has 1 amide bonds. The summed E-state index contributed by atoms with van der Waals surface area (Å²) < 4.78 is 4.97. The van der Waals surface area contributed by atoms with Crippen LogP contribution in [0.15, 0.2) is 0 Å². The molecule has 110 valence electrons. The standard InChI is InChI=1S/C11H23N3O2.2ClH/c1-14(7-3-9-16-2)8-6-13-10(15)11(12)4-5-11;;/h3-9,12H2,1-2H3,(H,13,15);2*1H. The van der Waals surface area contributed by atoms with Gasteiger partial charge in [0, 0.05) is 33.4 Å². The maximum atomic E-state index is 11.5. The van der Waals surface area contributed by atoms with Gasteiger partial charge in [-0.05, 0) is 26.3 Å². The zero-order chi connectivity index (χ0) is 12.0. The van der Waals surface area contributed by atoms with Crippen molar-refractivity contribution in [3.8, 4) is 0 Å². The molecule has 0 aromatic rings. The molecule has 7 heteroatoms. The van der Waals surface area contributed by atoms with Crippen LogP contribution in [0.4, 0.5) is 0 Å². The van der Waals surface area contributed by atoms with Crippen molar-refractivity contribution in [2.24, 2.45) is 5.73 Å². The second-order valence-corrected chi connectivity index (χ2v) is 4.56. The fourth-order valence-electron chi connectivity index (χ4n) is 1.49. The van der Waals surface area contributed by atoms with Crippen molar-refractivity contribution >= 4 is 30.7 Å². The predicted octanol–water partition coefficient (Wildman–Crippen LogP) is 0.406. The molecule has 0 atom stereocenters. The van der Waals surface area contributed by atoms with E-state index in [2.05, 4.69) is 10.2 Å². The third-order valence-corrected chi connectivity index (χ3v) is 2.91.